The molecule has 0 aromatic carbocycles. The summed E-state index contributed by atoms with van der Waals surface area (Å²) in [6.45, 7) is 6.97. The quantitative estimate of drug-likeness (QED) is 0.635. The van der Waals surface area contributed by atoms with E-state index in [4.69, 9.17) is 14.5 Å². The van der Waals surface area contributed by atoms with Gasteiger partial charge >= 0.3 is 0 Å². The maximum Gasteiger partial charge on any atom is 0.185 e. The second kappa shape index (κ2) is 8.68. The van der Waals surface area contributed by atoms with Crippen LogP contribution in [0.4, 0.5) is 5.13 Å². The van der Waals surface area contributed by atoms with Crippen LogP contribution in [0.1, 0.15) is 36.3 Å². The van der Waals surface area contributed by atoms with Crippen molar-refractivity contribution in [2.24, 2.45) is 0 Å². The molecule has 1 aromatic heterocycles. The zero-order chi connectivity index (χ0) is 15.1. The summed E-state index contributed by atoms with van der Waals surface area (Å²) in [4.78, 5) is 8.45. The van der Waals surface area contributed by atoms with E-state index in [9.17, 15) is 0 Å². The molecule has 1 heterocycles. The molecule has 6 heteroatoms. The minimum Gasteiger partial charge on any atom is -0.383 e. The number of hydrogen-bond acceptors (Lipinski definition) is 6. The number of aromatic nitrogens is 1. The van der Waals surface area contributed by atoms with Crippen LogP contribution in [0.15, 0.2) is 0 Å². The van der Waals surface area contributed by atoms with Crippen LogP contribution in [0.3, 0.4) is 0 Å². The molecule has 1 aliphatic rings. The highest BCUT2D eigenvalue weighted by atomic mass is 32.1. The van der Waals surface area contributed by atoms with Crippen LogP contribution in [0.2, 0.25) is 0 Å². The summed E-state index contributed by atoms with van der Waals surface area (Å²) in [5, 5.41) is 4.54. The van der Waals surface area contributed by atoms with E-state index in [1.165, 1.54) is 23.4 Å². The van der Waals surface area contributed by atoms with E-state index >= 15 is 0 Å². The van der Waals surface area contributed by atoms with Crippen LogP contribution in [0.5, 0.6) is 0 Å². The van der Waals surface area contributed by atoms with Crippen molar-refractivity contribution in [3.05, 3.63) is 10.6 Å². The third-order valence-electron chi connectivity index (χ3n) is 3.55. The number of thiazole rings is 1. The Kier molecular flexibility index (Phi) is 6.89. The predicted octanol–water partition coefficient (Wildman–Crippen LogP) is 2.23. The first-order valence-electron chi connectivity index (χ1n) is 7.74. The molecular formula is C15H27N3O2S. The van der Waals surface area contributed by atoms with E-state index in [0.29, 0.717) is 5.92 Å². The summed E-state index contributed by atoms with van der Waals surface area (Å²) < 4.78 is 10.5. The molecule has 0 aliphatic heterocycles. The van der Waals surface area contributed by atoms with Crippen LogP contribution in [0, 0.1) is 0 Å². The van der Waals surface area contributed by atoms with Gasteiger partial charge in [0.2, 0.25) is 0 Å². The highest BCUT2D eigenvalue weighted by molar-refractivity contribution is 7.15. The van der Waals surface area contributed by atoms with Crippen molar-refractivity contribution < 1.29 is 9.47 Å². The third kappa shape index (κ3) is 5.21. The summed E-state index contributed by atoms with van der Waals surface area (Å²) in [6.07, 6.45) is 2.58. The number of nitrogens with one attached hydrogen (secondary N) is 1. The number of ether oxygens (including phenoxy) is 2. The van der Waals surface area contributed by atoms with Crippen molar-refractivity contribution in [1.82, 2.24) is 10.3 Å². The van der Waals surface area contributed by atoms with Gasteiger partial charge in [-0.3, -0.25) is 0 Å². The SMILES string of the molecule is CCOCCN(C)c1nc(C2CC2)c(CNCCOC)s1. The Morgan fingerprint density at radius 3 is 2.86 bits per heavy atom. The molecule has 0 bridgehead atoms. The van der Waals surface area contributed by atoms with Crippen molar-refractivity contribution in [1.29, 1.82) is 0 Å². The van der Waals surface area contributed by atoms with Crippen LogP contribution in [0.25, 0.3) is 0 Å². The van der Waals surface area contributed by atoms with E-state index in [0.717, 1.165) is 44.6 Å². The van der Waals surface area contributed by atoms with Gasteiger partial charge < -0.3 is 19.7 Å². The lowest BCUT2D eigenvalue weighted by molar-refractivity contribution is 0.154. The topological polar surface area (TPSA) is 46.6 Å². The second-order valence-electron chi connectivity index (χ2n) is 5.37. The lowest BCUT2D eigenvalue weighted by atomic mass is 10.2. The zero-order valence-corrected chi connectivity index (χ0v) is 14.2. The van der Waals surface area contributed by atoms with Gasteiger partial charge in [-0.2, -0.15) is 0 Å². The van der Waals surface area contributed by atoms with Crippen molar-refractivity contribution >= 4 is 16.5 Å². The average Bonchev–Trinajstić information content (AvgIpc) is 3.24. The second-order valence-corrected chi connectivity index (χ2v) is 6.43. The van der Waals surface area contributed by atoms with Crippen LogP contribution < -0.4 is 10.2 Å². The molecule has 0 amide bonds. The van der Waals surface area contributed by atoms with Gasteiger partial charge in [-0.25, -0.2) is 4.98 Å². The van der Waals surface area contributed by atoms with Crippen molar-refractivity contribution in [3.63, 3.8) is 0 Å². The number of rotatable bonds is 11. The van der Waals surface area contributed by atoms with Gasteiger partial charge in [-0.1, -0.05) is 0 Å². The van der Waals surface area contributed by atoms with Gasteiger partial charge in [0.05, 0.1) is 18.9 Å². The molecule has 120 valence electrons. The number of anilines is 1. The number of likely N-dealkylation sites (N-methyl/N-ethyl adjacent to an activating group) is 1. The number of methoxy groups -OCH3 is 1. The van der Waals surface area contributed by atoms with Gasteiger partial charge in [0, 0.05) is 51.2 Å². The molecule has 0 unspecified atom stereocenters. The molecule has 1 fully saturated rings. The Hall–Kier alpha value is -0.690. The van der Waals surface area contributed by atoms with Gasteiger partial charge in [0.1, 0.15) is 0 Å². The van der Waals surface area contributed by atoms with E-state index in [1.807, 2.05) is 18.3 Å². The van der Waals surface area contributed by atoms with Gasteiger partial charge in [-0.05, 0) is 19.8 Å². The zero-order valence-electron chi connectivity index (χ0n) is 13.4. The van der Waals surface area contributed by atoms with E-state index in [2.05, 4.69) is 17.3 Å². The van der Waals surface area contributed by atoms with Gasteiger partial charge in [0.25, 0.3) is 0 Å². The summed E-state index contributed by atoms with van der Waals surface area (Å²) in [5.41, 5.74) is 1.31. The van der Waals surface area contributed by atoms with E-state index < -0.39 is 0 Å². The van der Waals surface area contributed by atoms with Gasteiger partial charge in [0.15, 0.2) is 5.13 Å². The van der Waals surface area contributed by atoms with Crippen LogP contribution in [-0.2, 0) is 16.0 Å². The molecule has 0 saturated heterocycles. The predicted molar refractivity (Wildman–Crippen MR) is 87.4 cm³/mol. The van der Waals surface area contributed by atoms with Crippen molar-refractivity contribution in [2.45, 2.75) is 32.2 Å². The van der Waals surface area contributed by atoms with Crippen LogP contribution >= 0.6 is 11.3 Å². The summed E-state index contributed by atoms with van der Waals surface area (Å²) in [5.74, 6) is 0.689. The molecule has 0 spiro atoms. The molecule has 5 nitrogen and oxygen atoms in total. The fraction of sp³-hybridized carbons (Fsp3) is 0.800. The summed E-state index contributed by atoms with van der Waals surface area (Å²) >= 11 is 1.81. The Morgan fingerprint density at radius 2 is 2.19 bits per heavy atom. The Labute approximate surface area is 131 Å². The molecule has 21 heavy (non-hydrogen) atoms. The molecule has 1 N–H and O–H groups in total. The standard InChI is InChI=1S/C15H27N3O2S/c1-4-20-10-8-18(2)15-17-14(12-5-6-12)13(21-15)11-16-7-9-19-3/h12,16H,4-11H2,1-3H3. The smallest absolute Gasteiger partial charge is 0.185 e. The largest absolute Gasteiger partial charge is 0.383 e. The lowest BCUT2D eigenvalue weighted by Crippen LogP contribution is -2.22. The average molecular weight is 313 g/mol. The van der Waals surface area contributed by atoms with Gasteiger partial charge in [-0.15, -0.1) is 11.3 Å². The summed E-state index contributed by atoms with van der Waals surface area (Å²) in [6, 6.07) is 0. The molecular weight excluding hydrogens is 286 g/mol. The maximum absolute atomic E-state index is 5.42. The molecule has 1 aromatic rings. The molecule has 1 aliphatic carbocycles. The Balaban J connectivity index is 1.92. The van der Waals surface area contributed by atoms with E-state index in [1.54, 1.807) is 7.11 Å². The fourth-order valence-electron chi connectivity index (χ4n) is 2.13. The minimum absolute atomic E-state index is 0.689. The third-order valence-corrected chi connectivity index (χ3v) is 4.74. The maximum atomic E-state index is 5.42. The van der Waals surface area contributed by atoms with Crippen molar-refractivity contribution in [2.75, 3.05) is 52.0 Å². The first-order valence-corrected chi connectivity index (χ1v) is 8.56. The highest BCUT2D eigenvalue weighted by Gasteiger charge is 2.30. The normalized spacial score (nSPS) is 14.6. The minimum atomic E-state index is 0.689. The number of nitrogens with zero attached hydrogens (tertiary/aromatic N) is 2. The van der Waals surface area contributed by atoms with Crippen LogP contribution in [-0.4, -0.2) is 52.1 Å². The molecule has 0 radical (unpaired) electrons. The van der Waals surface area contributed by atoms with Crippen molar-refractivity contribution in [3.8, 4) is 0 Å². The number of hydrogen-bond donors (Lipinski definition) is 1. The fourth-order valence-corrected chi connectivity index (χ4v) is 3.24. The van der Waals surface area contributed by atoms with E-state index in [-0.39, 0.29) is 0 Å². The molecule has 2 rings (SSSR count). The lowest BCUT2D eigenvalue weighted by Gasteiger charge is -2.15. The molecule has 1 saturated carbocycles. The first kappa shape index (κ1) is 16.7. The first-order chi connectivity index (χ1) is 10.3. The Morgan fingerprint density at radius 1 is 1.38 bits per heavy atom. The molecule has 0 atom stereocenters. The summed E-state index contributed by atoms with van der Waals surface area (Å²) in [7, 11) is 3.83. The highest BCUT2D eigenvalue weighted by Crippen LogP contribution is 2.44. The monoisotopic (exact) mass is 313 g/mol. The Bertz CT molecular complexity index is 421.